The van der Waals surface area contributed by atoms with Crippen LogP contribution in [-0.2, 0) is 5.41 Å². The normalized spacial score (nSPS) is 27.0. The molecule has 0 bridgehead atoms. The summed E-state index contributed by atoms with van der Waals surface area (Å²) in [5.74, 6) is 0.800. The summed E-state index contributed by atoms with van der Waals surface area (Å²) in [6, 6.07) is 8.81. The van der Waals surface area contributed by atoms with Crippen LogP contribution >= 0.6 is 11.6 Å². The largest absolute Gasteiger partial charge is 0.318 e. The highest BCUT2D eigenvalue weighted by molar-refractivity contribution is 6.31. The van der Waals surface area contributed by atoms with Crippen molar-refractivity contribution in [2.75, 3.05) is 13.1 Å². The Morgan fingerprint density at radius 3 is 2.48 bits per heavy atom. The van der Waals surface area contributed by atoms with E-state index in [-0.39, 0.29) is 0 Å². The molecule has 1 aromatic heterocycles. The summed E-state index contributed by atoms with van der Waals surface area (Å²) in [7, 11) is 0. The molecular formula is C18H21ClN2. The van der Waals surface area contributed by atoms with Gasteiger partial charge in [-0.25, -0.2) is 0 Å². The summed E-state index contributed by atoms with van der Waals surface area (Å²) in [5.41, 5.74) is 6.77. The van der Waals surface area contributed by atoms with Gasteiger partial charge in [0.15, 0.2) is 0 Å². The van der Waals surface area contributed by atoms with Gasteiger partial charge in [-0.3, -0.25) is 0 Å². The molecule has 110 valence electrons. The van der Waals surface area contributed by atoms with Crippen LogP contribution in [0.15, 0.2) is 24.3 Å². The minimum Gasteiger partial charge on any atom is -0.318 e. The number of piperidine rings is 1. The predicted octanol–water partition coefficient (Wildman–Crippen LogP) is 3.92. The lowest BCUT2D eigenvalue weighted by Gasteiger charge is -2.20. The third-order valence-electron chi connectivity index (χ3n) is 5.46. The van der Waals surface area contributed by atoms with Crippen molar-refractivity contribution in [2.45, 2.75) is 32.6 Å². The number of nitrogens with zero attached hydrogens (tertiary/aromatic N) is 1. The van der Waals surface area contributed by atoms with Gasteiger partial charge < -0.3 is 9.88 Å². The number of nitrogens with one attached hydrogen (secondary N) is 1. The Balaban J connectivity index is 1.90. The van der Waals surface area contributed by atoms with E-state index >= 15 is 0 Å². The second kappa shape index (κ2) is 4.37. The molecule has 2 nitrogen and oxygen atoms in total. The number of halogens is 1. The van der Waals surface area contributed by atoms with Crippen LogP contribution in [0.2, 0.25) is 5.02 Å². The summed E-state index contributed by atoms with van der Waals surface area (Å²) in [6.45, 7) is 8.72. The Morgan fingerprint density at radius 2 is 1.90 bits per heavy atom. The van der Waals surface area contributed by atoms with Gasteiger partial charge in [0.05, 0.1) is 0 Å². The lowest BCUT2D eigenvalue weighted by Crippen LogP contribution is -2.20. The lowest BCUT2D eigenvalue weighted by atomic mass is 9.90. The summed E-state index contributed by atoms with van der Waals surface area (Å²) < 4.78 is 2.30. The van der Waals surface area contributed by atoms with E-state index in [2.05, 4.69) is 54.9 Å². The van der Waals surface area contributed by atoms with Crippen molar-refractivity contribution in [2.24, 2.45) is 5.92 Å². The SMILES string of the molecule is Cc1c(Cl)cc(-n2c(C)ccc2C)cc1C12CNCC1C2. The maximum atomic E-state index is 6.57. The number of rotatable bonds is 2. The Kier molecular flexibility index (Phi) is 2.79. The first kappa shape index (κ1) is 13.4. The topological polar surface area (TPSA) is 17.0 Å². The molecule has 1 aliphatic heterocycles. The van der Waals surface area contributed by atoms with Crippen LogP contribution in [0.3, 0.4) is 0 Å². The van der Waals surface area contributed by atoms with Crippen LogP contribution in [0.5, 0.6) is 0 Å². The van der Waals surface area contributed by atoms with Crippen molar-refractivity contribution in [3.05, 3.63) is 51.8 Å². The molecular weight excluding hydrogens is 280 g/mol. The van der Waals surface area contributed by atoms with Crippen LogP contribution in [0.25, 0.3) is 5.69 Å². The molecule has 3 heteroatoms. The number of aromatic nitrogens is 1. The van der Waals surface area contributed by atoms with Crippen molar-refractivity contribution in [3.63, 3.8) is 0 Å². The molecule has 4 rings (SSSR count). The van der Waals surface area contributed by atoms with Gasteiger partial charge in [-0.15, -0.1) is 0 Å². The molecule has 1 saturated heterocycles. The number of aryl methyl sites for hydroxylation is 2. The molecule has 0 amide bonds. The van der Waals surface area contributed by atoms with Gasteiger partial charge in [-0.2, -0.15) is 0 Å². The summed E-state index contributed by atoms with van der Waals surface area (Å²) >= 11 is 6.57. The van der Waals surface area contributed by atoms with E-state index in [0.717, 1.165) is 24.0 Å². The molecule has 1 aromatic carbocycles. The average molecular weight is 301 g/mol. The van der Waals surface area contributed by atoms with E-state index in [1.165, 1.54) is 34.6 Å². The van der Waals surface area contributed by atoms with Crippen molar-refractivity contribution < 1.29 is 0 Å². The lowest BCUT2D eigenvalue weighted by molar-refractivity contribution is 0.671. The molecule has 1 saturated carbocycles. The average Bonchev–Trinajstić information content (AvgIpc) is 2.83. The van der Waals surface area contributed by atoms with Gasteiger partial charge >= 0.3 is 0 Å². The van der Waals surface area contributed by atoms with E-state index in [0.29, 0.717) is 5.41 Å². The summed E-state index contributed by atoms with van der Waals surface area (Å²) in [6.07, 6.45) is 1.31. The van der Waals surface area contributed by atoms with E-state index < -0.39 is 0 Å². The number of hydrogen-bond donors (Lipinski definition) is 1. The zero-order chi connectivity index (χ0) is 14.8. The summed E-state index contributed by atoms with van der Waals surface area (Å²) in [4.78, 5) is 0. The van der Waals surface area contributed by atoms with Gasteiger partial charge in [0.1, 0.15) is 0 Å². The molecule has 2 heterocycles. The molecule has 1 N–H and O–H groups in total. The predicted molar refractivity (Wildman–Crippen MR) is 87.6 cm³/mol. The monoisotopic (exact) mass is 300 g/mol. The first-order valence-corrected chi connectivity index (χ1v) is 8.07. The molecule has 0 radical (unpaired) electrons. The maximum absolute atomic E-state index is 6.57. The van der Waals surface area contributed by atoms with Crippen molar-refractivity contribution in [3.8, 4) is 5.69 Å². The third-order valence-corrected chi connectivity index (χ3v) is 5.85. The highest BCUT2D eigenvalue weighted by Gasteiger charge is 2.58. The fourth-order valence-electron chi connectivity index (χ4n) is 4.15. The standard InChI is InChI=1S/C18H21ClN2/c1-11-4-5-12(2)21(11)15-6-16(13(3)17(19)7-15)18-8-14(18)9-20-10-18/h4-7,14,20H,8-10H2,1-3H3. The van der Waals surface area contributed by atoms with Crippen molar-refractivity contribution >= 4 is 11.6 Å². The third kappa shape index (κ3) is 1.82. The molecule has 2 fully saturated rings. The van der Waals surface area contributed by atoms with E-state index in [1.54, 1.807) is 0 Å². The first-order chi connectivity index (χ1) is 10.0. The molecule has 0 spiro atoms. The number of benzene rings is 1. The van der Waals surface area contributed by atoms with E-state index in [9.17, 15) is 0 Å². The highest BCUT2D eigenvalue weighted by atomic mass is 35.5. The van der Waals surface area contributed by atoms with Crippen LogP contribution in [-0.4, -0.2) is 17.7 Å². The number of fused-ring (bicyclic) bond motifs is 1. The fourth-order valence-corrected chi connectivity index (χ4v) is 4.36. The van der Waals surface area contributed by atoms with Crippen LogP contribution < -0.4 is 5.32 Å². The Hall–Kier alpha value is -1.25. The molecule has 2 atom stereocenters. The minimum atomic E-state index is 0.346. The quantitative estimate of drug-likeness (QED) is 0.889. The first-order valence-electron chi connectivity index (χ1n) is 7.69. The minimum absolute atomic E-state index is 0.346. The Bertz CT molecular complexity index is 712. The Morgan fingerprint density at radius 1 is 1.19 bits per heavy atom. The van der Waals surface area contributed by atoms with Crippen molar-refractivity contribution in [1.29, 1.82) is 0 Å². The zero-order valence-electron chi connectivity index (χ0n) is 12.8. The van der Waals surface area contributed by atoms with Gasteiger partial charge in [0.25, 0.3) is 0 Å². The van der Waals surface area contributed by atoms with Gasteiger partial charge in [0, 0.05) is 34.1 Å². The van der Waals surface area contributed by atoms with Crippen LogP contribution in [0.1, 0.15) is 28.9 Å². The van der Waals surface area contributed by atoms with Gasteiger partial charge in [-0.1, -0.05) is 11.6 Å². The van der Waals surface area contributed by atoms with E-state index in [4.69, 9.17) is 11.6 Å². The second-order valence-electron chi connectivity index (χ2n) is 6.74. The summed E-state index contributed by atoms with van der Waals surface area (Å²) in [5, 5.41) is 4.43. The van der Waals surface area contributed by atoms with Crippen molar-refractivity contribution in [1.82, 2.24) is 9.88 Å². The fraction of sp³-hybridized carbons (Fsp3) is 0.444. The maximum Gasteiger partial charge on any atom is 0.0472 e. The van der Waals surface area contributed by atoms with Crippen LogP contribution in [0.4, 0.5) is 0 Å². The molecule has 1 aliphatic carbocycles. The van der Waals surface area contributed by atoms with E-state index in [1.807, 2.05) is 0 Å². The zero-order valence-corrected chi connectivity index (χ0v) is 13.6. The van der Waals surface area contributed by atoms with Crippen LogP contribution in [0, 0.1) is 26.7 Å². The molecule has 2 aromatic rings. The molecule has 21 heavy (non-hydrogen) atoms. The molecule has 2 unspecified atom stereocenters. The van der Waals surface area contributed by atoms with Gasteiger partial charge in [-0.05, 0) is 75.0 Å². The van der Waals surface area contributed by atoms with Gasteiger partial charge in [0.2, 0.25) is 0 Å². The highest BCUT2D eigenvalue weighted by Crippen LogP contribution is 2.58. The molecule has 2 aliphatic rings. The smallest absolute Gasteiger partial charge is 0.0472 e. The second-order valence-corrected chi connectivity index (χ2v) is 7.15. The number of hydrogen-bond acceptors (Lipinski definition) is 1. The Labute approximate surface area is 131 Å².